The molecule has 0 fully saturated rings. The summed E-state index contributed by atoms with van der Waals surface area (Å²) < 4.78 is 51.9. The zero-order chi connectivity index (χ0) is 28.3. The summed E-state index contributed by atoms with van der Waals surface area (Å²) in [5, 5.41) is 0. The third-order valence-corrected chi connectivity index (χ3v) is 7.87. The van der Waals surface area contributed by atoms with Crippen molar-refractivity contribution >= 4 is 21.8 Å². The van der Waals surface area contributed by atoms with Gasteiger partial charge in [-0.1, -0.05) is 13.8 Å². The van der Waals surface area contributed by atoms with Crippen molar-refractivity contribution in [3.63, 3.8) is 0 Å². The highest BCUT2D eigenvalue weighted by molar-refractivity contribution is 7.89. The number of hydrogen-bond acceptors (Lipinski definition) is 8. The topological polar surface area (TPSA) is 122 Å². The average molecular weight is 557 g/mol. The number of carbonyl (C=O) groups excluding carboxylic acids is 2. The minimum Gasteiger partial charge on any atom is -0.497 e. The van der Waals surface area contributed by atoms with Crippen molar-refractivity contribution in [3.05, 3.63) is 65.5 Å². The van der Waals surface area contributed by atoms with Gasteiger partial charge >= 0.3 is 5.97 Å². The van der Waals surface area contributed by atoms with Crippen LogP contribution in [0.15, 0.2) is 53.4 Å². The molecule has 1 aliphatic rings. The number of methoxy groups -OCH3 is 1. The van der Waals surface area contributed by atoms with E-state index >= 15 is 0 Å². The molecule has 3 aromatic rings. The molecule has 4 rings (SSSR count). The Labute approximate surface area is 227 Å². The van der Waals surface area contributed by atoms with Crippen molar-refractivity contribution < 1.29 is 37.0 Å². The van der Waals surface area contributed by atoms with Crippen LogP contribution in [0.3, 0.4) is 0 Å². The fraction of sp³-hybridized carbons (Fsp3) is 0.357. The molecule has 11 heteroatoms. The van der Waals surface area contributed by atoms with Gasteiger partial charge in [-0.05, 0) is 62.2 Å². The Balaban J connectivity index is 1.45. The summed E-state index contributed by atoms with van der Waals surface area (Å²) in [5.41, 5.74) is 2.79. The van der Waals surface area contributed by atoms with E-state index in [-0.39, 0.29) is 4.90 Å². The number of aromatic nitrogens is 1. The smallest absolute Gasteiger partial charge is 0.324 e. The summed E-state index contributed by atoms with van der Waals surface area (Å²) >= 11 is 0. The molecule has 2 aromatic carbocycles. The van der Waals surface area contributed by atoms with Gasteiger partial charge in [-0.2, -0.15) is 4.72 Å². The molecule has 0 aliphatic carbocycles. The van der Waals surface area contributed by atoms with Crippen LogP contribution in [-0.4, -0.2) is 57.7 Å². The monoisotopic (exact) mass is 556 g/mol. The lowest BCUT2D eigenvalue weighted by atomic mass is 10.1. The maximum absolute atomic E-state index is 13.1. The minimum atomic E-state index is -4.10. The van der Waals surface area contributed by atoms with E-state index in [0.717, 1.165) is 11.4 Å². The van der Waals surface area contributed by atoms with Gasteiger partial charge in [-0.3, -0.25) is 9.59 Å². The van der Waals surface area contributed by atoms with E-state index in [9.17, 15) is 18.0 Å². The second kappa shape index (κ2) is 11.5. The predicted molar refractivity (Wildman–Crippen MR) is 143 cm³/mol. The summed E-state index contributed by atoms with van der Waals surface area (Å²) in [6.07, 6.45) is 0. The first-order valence-electron chi connectivity index (χ1n) is 12.5. The third kappa shape index (κ3) is 6.10. The van der Waals surface area contributed by atoms with Crippen molar-refractivity contribution in [2.45, 2.75) is 38.6 Å². The molecule has 10 nitrogen and oxygen atoms in total. The van der Waals surface area contributed by atoms with Crippen LogP contribution in [0.5, 0.6) is 17.2 Å². The predicted octanol–water partition coefficient (Wildman–Crippen LogP) is 3.60. The number of aryl methyl sites for hydroxylation is 1. The molecule has 208 valence electrons. The lowest BCUT2D eigenvalue weighted by Gasteiger charge is -2.22. The van der Waals surface area contributed by atoms with Gasteiger partial charge in [0.1, 0.15) is 25.0 Å². The Morgan fingerprint density at radius 3 is 2.31 bits per heavy atom. The van der Waals surface area contributed by atoms with Gasteiger partial charge in [0.25, 0.3) is 0 Å². The molecule has 0 saturated heterocycles. The molecule has 1 aromatic heterocycles. The van der Waals surface area contributed by atoms with Crippen molar-refractivity contribution in [1.82, 2.24) is 9.29 Å². The maximum Gasteiger partial charge on any atom is 0.324 e. The molecule has 0 amide bonds. The van der Waals surface area contributed by atoms with Gasteiger partial charge in [0.05, 0.1) is 12.0 Å². The van der Waals surface area contributed by atoms with Crippen LogP contribution in [0.2, 0.25) is 0 Å². The lowest BCUT2D eigenvalue weighted by Crippen LogP contribution is -2.45. The first kappa shape index (κ1) is 28.2. The highest BCUT2D eigenvalue weighted by atomic mass is 32.2. The second-order valence-corrected chi connectivity index (χ2v) is 11.2. The molecular weight excluding hydrogens is 524 g/mol. The number of ether oxygens (including phenoxy) is 4. The molecule has 0 saturated carbocycles. The number of hydrogen-bond donors (Lipinski definition) is 1. The minimum absolute atomic E-state index is 0.0766. The third-order valence-electron chi connectivity index (χ3n) is 6.43. The normalized spacial score (nSPS) is 13.7. The SMILES string of the molecule is COc1ccc(-n2c(C)cc(C(=O)COC(=O)[C@@H](NS(=O)(=O)c3ccc4c(c3)OCCO4)C(C)C)c2C)cc1. The Hall–Kier alpha value is -3.83. The van der Waals surface area contributed by atoms with E-state index in [0.29, 0.717) is 41.7 Å². The van der Waals surface area contributed by atoms with Crippen LogP contribution in [0.1, 0.15) is 35.6 Å². The summed E-state index contributed by atoms with van der Waals surface area (Å²) in [6.45, 7) is 7.21. The zero-order valence-corrected chi connectivity index (χ0v) is 23.3. The molecule has 0 bridgehead atoms. The molecule has 39 heavy (non-hydrogen) atoms. The molecule has 1 atom stereocenters. The van der Waals surface area contributed by atoms with Crippen LogP contribution in [0, 0.1) is 19.8 Å². The first-order valence-corrected chi connectivity index (χ1v) is 14.0. The van der Waals surface area contributed by atoms with Gasteiger partial charge < -0.3 is 23.5 Å². The van der Waals surface area contributed by atoms with Gasteiger partial charge in [0, 0.05) is 28.7 Å². The van der Waals surface area contributed by atoms with Crippen LogP contribution < -0.4 is 18.9 Å². The van der Waals surface area contributed by atoms with E-state index in [4.69, 9.17) is 18.9 Å². The number of esters is 1. The second-order valence-electron chi connectivity index (χ2n) is 9.50. The van der Waals surface area contributed by atoms with Crippen LogP contribution in [0.4, 0.5) is 0 Å². The van der Waals surface area contributed by atoms with Gasteiger partial charge in [-0.25, -0.2) is 8.42 Å². The largest absolute Gasteiger partial charge is 0.497 e. The van der Waals surface area contributed by atoms with E-state index in [1.807, 2.05) is 42.7 Å². The van der Waals surface area contributed by atoms with Crippen LogP contribution in [-0.2, 0) is 19.6 Å². The van der Waals surface area contributed by atoms with Gasteiger partial charge in [-0.15, -0.1) is 0 Å². The molecule has 0 spiro atoms. The zero-order valence-electron chi connectivity index (χ0n) is 22.5. The molecule has 1 N–H and O–H groups in total. The Kier molecular flexibility index (Phi) is 8.31. The molecule has 2 heterocycles. The van der Waals surface area contributed by atoms with E-state index in [2.05, 4.69) is 4.72 Å². The fourth-order valence-electron chi connectivity index (χ4n) is 4.36. The van der Waals surface area contributed by atoms with Crippen LogP contribution >= 0.6 is 0 Å². The Morgan fingerprint density at radius 1 is 1.00 bits per heavy atom. The maximum atomic E-state index is 13.1. The summed E-state index contributed by atoms with van der Waals surface area (Å²) in [7, 11) is -2.51. The Bertz CT molecular complexity index is 1480. The Morgan fingerprint density at radius 2 is 1.67 bits per heavy atom. The number of benzene rings is 2. The van der Waals surface area contributed by atoms with E-state index in [1.165, 1.54) is 18.2 Å². The van der Waals surface area contributed by atoms with Crippen molar-refractivity contribution in [1.29, 1.82) is 0 Å². The molecule has 1 aliphatic heterocycles. The molecular formula is C28H32N2O8S. The number of nitrogens with one attached hydrogen (secondary N) is 1. The van der Waals surface area contributed by atoms with Crippen molar-refractivity contribution in [2.75, 3.05) is 26.9 Å². The highest BCUT2D eigenvalue weighted by Gasteiger charge is 2.31. The number of nitrogens with zero attached hydrogens (tertiary/aromatic N) is 1. The lowest BCUT2D eigenvalue weighted by molar-refractivity contribution is -0.145. The van der Waals surface area contributed by atoms with E-state index < -0.39 is 40.3 Å². The first-order chi connectivity index (χ1) is 18.5. The van der Waals surface area contributed by atoms with Gasteiger partial charge in [0.15, 0.2) is 18.1 Å². The highest BCUT2D eigenvalue weighted by Crippen LogP contribution is 2.32. The van der Waals surface area contributed by atoms with Crippen molar-refractivity contribution in [2.24, 2.45) is 5.92 Å². The molecule has 0 unspecified atom stereocenters. The number of carbonyl (C=O) groups is 2. The number of fused-ring (bicyclic) bond motifs is 1. The number of Topliss-reactive ketones (excluding diaryl/α,β-unsaturated/α-hetero) is 1. The number of sulfonamides is 1. The van der Waals surface area contributed by atoms with Gasteiger partial charge in [0.2, 0.25) is 15.8 Å². The van der Waals surface area contributed by atoms with Crippen LogP contribution in [0.25, 0.3) is 5.69 Å². The standard InChI is InChI=1S/C28H32N2O8S/c1-17(2)27(29-39(33,34)22-10-11-25-26(15-22)37-13-12-36-25)28(32)38-16-24(31)23-14-18(3)30(19(23)4)20-6-8-21(35-5)9-7-20/h6-11,14-15,17,27,29H,12-13,16H2,1-5H3/t27-/m0/s1. The average Bonchev–Trinajstić information content (AvgIpc) is 3.23. The summed E-state index contributed by atoms with van der Waals surface area (Å²) in [4.78, 5) is 25.9. The van der Waals surface area contributed by atoms with E-state index in [1.54, 1.807) is 27.0 Å². The fourth-order valence-corrected chi connectivity index (χ4v) is 5.71. The number of rotatable bonds is 10. The molecule has 0 radical (unpaired) electrons. The summed E-state index contributed by atoms with van der Waals surface area (Å²) in [5.74, 6) is -0.208. The quantitative estimate of drug-likeness (QED) is 0.297. The number of ketones is 1. The van der Waals surface area contributed by atoms with Crippen molar-refractivity contribution in [3.8, 4) is 22.9 Å². The summed E-state index contributed by atoms with van der Waals surface area (Å²) in [6, 6.07) is 12.2.